The van der Waals surface area contributed by atoms with E-state index < -0.39 is 121 Å². The minimum atomic E-state index is -3.85. The van der Waals surface area contributed by atoms with E-state index in [-0.39, 0.29) is 71.0 Å². The van der Waals surface area contributed by atoms with Crippen LogP contribution in [0.15, 0.2) is 188 Å². The van der Waals surface area contributed by atoms with Crippen LogP contribution in [0.2, 0.25) is 0 Å². The Morgan fingerprint density at radius 3 is 1.72 bits per heavy atom. The zero-order valence-corrected chi connectivity index (χ0v) is 57.8. The maximum Gasteiger partial charge on any atom is 0.268 e. The molecule has 6 heteroatoms. The van der Waals surface area contributed by atoms with Crippen molar-refractivity contribution in [3.63, 3.8) is 0 Å². The first-order valence-electron chi connectivity index (χ1n) is 41.4. The third-order valence-electron chi connectivity index (χ3n) is 17.8. The summed E-state index contributed by atoms with van der Waals surface area (Å²) in [5.41, 5.74) is -2.89. The fourth-order valence-corrected chi connectivity index (χ4v) is 12.4. The molecular formula is C87H90N4OPt-2. The molecule has 1 aliphatic carbocycles. The summed E-state index contributed by atoms with van der Waals surface area (Å²) in [6, 6.07) is 42.7. The summed E-state index contributed by atoms with van der Waals surface area (Å²) in [5, 5.41) is 1.88. The Bertz CT molecular complexity index is 5740. The average Bonchev–Trinajstić information content (AvgIpc) is 1.49. The molecule has 93 heavy (non-hydrogen) atoms. The Kier molecular flexibility index (Phi) is 11.1. The van der Waals surface area contributed by atoms with Crippen LogP contribution in [0.25, 0.3) is 94.5 Å². The largest absolute Gasteiger partial charge is 0.510 e. The van der Waals surface area contributed by atoms with E-state index in [0.29, 0.717) is 39.4 Å². The molecule has 13 rings (SSSR count). The van der Waals surface area contributed by atoms with Gasteiger partial charge in [0.1, 0.15) is 5.82 Å². The van der Waals surface area contributed by atoms with Crippen molar-refractivity contribution in [1.82, 2.24) is 14.1 Å². The number of hydrogen-bond acceptors (Lipinski definition) is 2. The smallest absolute Gasteiger partial charge is 0.268 e. The second-order valence-electron chi connectivity index (χ2n) is 30.1. The number of benzene rings is 9. The van der Waals surface area contributed by atoms with Gasteiger partial charge in [0.05, 0.1) is 27.7 Å². The van der Waals surface area contributed by atoms with Crippen molar-refractivity contribution >= 4 is 32.8 Å². The summed E-state index contributed by atoms with van der Waals surface area (Å²) in [4.78, 5) is 4.88. The van der Waals surface area contributed by atoms with Gasteiger partial charge in [-0.2, -0.15) is 18.2 Å². The van der Waals surface area contributed by atoms with E-state index in [9.17, 15) is 15.1 Å². The molecule has 3 aromatic heterocycles. The molecule has 0 saturated heterocycles. The number of nitrogens with zero attached hydrogens (tertiary/aromatic N) is 4. The van der Waals surface area contributed by atoms with Crippen LogP contribution in [0.5, 0.6) is 11.5 Å². The molecule has 0 unspecified atom stereocenters. The van der Waals surface area contributed by atoms with E-state index >= 15 is 0 Å². The normalized spacial score (nSPS) is 17.9. The monoisotopic (exact) mass is 1420 g/mol. The van der Waals surface area contributed by atoms with Gasteiger partial charge < -0.3 is 13.9 Å². The van der Waals surface area contributed by atoms with Gasteiger partial charge in [0.25, 0.3) is 6.33 Å². The van der Waals surface area contributed by atoms with Crippen molar-refractivity contribution < 1.29 is 57.8 Å². The van der Waals surface area contributed by atoms with E-state index in [4.69, 9.17) is 22.1 Å². The molecule has 0 N–H and O–H groups in total. The first-order valence-corrected chi connectivity index (χ1v) is 31.4. The SMILES string of the molecule is [2H]c1c([2H])c([2H])c(-c2cc(-c3cc(C(C)(C)C)cc(C(C)(C)C)c3)c(-[n+]3[c-]n(-c4[c-]c(Oc5[c-]c6c(cc5)c5ccccc5n6-c5cc(C(C)(C)C)ccn5)ccc4)c4cc(-c5cc(C(C)(C)C)cc(C(C)(C)C)c5)ccc43)c(-c3c([2H])c([2H])c4c(c3[2H])C(C([2H])([2H])[2H])(C([2H])([2H])[2H])CC4(C([2H])([2H])[2H])C([2H])([2H])[2H])c2)c([2H])c1[2H].[Pt]. The Morgan fingerprint density at radius 2 is 1.09 bits per heavy atom. The Morgan fingerprint density at radius 1 is 0.495 bits per heavy atom. The third kappa shape index (κ3) is 12.3. The topological polar surface area (TPSA) is 35.9 Å². The van der Waals surface area contributed by atoms with Gasteiger partial charge in [0.2, 0.25) is 0 Å². The van der Waals surface area contributed by atoms with E-state index in [0.717, 1.165) is 55.2 Å². The molecule has 0 spiro atoms. The van der Waals surface area contributed by atoms with Gasteiger partial charge in [-0.3, -0.25) is 4.57 Å². The fraction of sp³-hybridized carbons (Fsp3) is 0.310. The van der Waals surface area contributed by atoms with E-state index in [1.807, 2.05) is 108 Å². The zero-order chi connectivity index (χ0) is 82.4. The Hall–Kier alpha value is -8.11. The van der Waals surface area contributed by atoms with E-state index in [1.54, 1.807) is 39.6 Å². The molecule has 0 amide bonds. The molecule has 476 valence electrons. The summed E-state index contributed by atoms with van der Waals surface area (Å²) in [6.07, 6.45) is 3.81. The molecule has 1 aliphatic rings. The maximum absolute atomic E-state index is 10.8. The molecule has 5 nitrogen and oxygen atoms in total. The van der Waals surface area contributed by atoms with Crippen molar-refractivity contribution in [1.29, 1.82) is 0 Å². The summed E-state index contributed by atoms with van der Waals surface area (Å²) in [5.74, 6) is 1.26. The van der Waals surface area contributed by atoms with Gasteiger partial charge in [-0.1, -0.05) is 252 Å². The van der Waals surface area contributed by atoms with Crippen molar-refractivity contribution in [2.75, 3.05) is 0 Å². The molecule has 0 aliphatic heterocycles. The Balaban J connectivity index is 0.0000118. The van der Waals surface area contributed by atoms with Crippen LogP contribution < -0.4 is 9.30 Å². The van der Waals surface area contributed by atoms with Crippen LogP contribution in [-0.2, 0) is 59.0 Å². The summed E-state index contributed by atoms with van der Waals surface area (Å²) < 4.78 is 200. The number of hydrogen-bond donors (Lipinski definition) is 0. The standard InChI is InChI=1S/C87H90N4O.Pt/c1-81(2,3)61-38-39-88-79(50-61)91-75-31-24-23-30-69(75)70-35-34-68(52-77(70)91)92-67-29-25-28-66(51-67)89-54-90(76-37-33-56(47-78(76)89)58-40-62(82(4,5)6)48-63(41-58)83(7,8)9)80-71(57-32-36-73-74(46-57)87(18,19)53-86(73,16)17)44-59(55-26-21-20-22-27-55)45-72(80)60-42-64(84(10,11)12)49-65(43-60)85(13,14)15;/h20-50H,53H2,1-19H3;/q-2;/i16D3,17D3,18D3,19D3,20D,21D,22D,26D,27D,32D,36D,46D;. The van der Waals surface area contributed by atoms with Gasteiger partial charge in [-0.05, 0) is 175 Å². The number of fused-ring (bicyclic) bond motifs is 5. The van der Waals surface area contributed by atoms with Crippen LogP contribution >= 0.6 is 0 Å². The van der Waals surface area contributed by atoms with Gasteiger partial charge in [-0.25, -0.2) is 4.98 Å². The van der Waals surface area contributed by atoms with Crippen LogP contribution in [0.4, 0.5) is 0 Å². The predicted octanol–water partition coefficient (Wildman–Crippen LogP) is 22.7. The van der Waals surface area contributed by atoms with Crippen LogP contribution in [0, 0.1) is 18.5 Å². The summed E-state index contributed by atoms with van der Waals surface area (Å²) in [7, 11) is 0. The zero-order valence-electron chi connectivity index (χ0n) is 75.5. The maximum atomic E-state index is 10.8. The quantitative estimate of drug-likeness (QED) is 0.107. The van der Waals surface area contributed by atoms with Gasteiger partial charge in [0.15, 0.2) is 0 Å². The minimum absolute atomic E-state index is 0. The Labute approximate surface area is 596 Å². The molecule has 0 saturated carbocycles. The predicted molar refractivity (Wildman–Crippen MR) is 386 cm³/mol. The van der Waals surface area contributed by atoms with Crippen molar-refractivity contribution in [2.24, 2.45) is 0 Å². The second kappa shape index (κ2) is 23.1. The van der Waals surface area contributed by atoms with Gasteiger partial charge in [-0.15, -0.1) is 29.7 Å². The van der Waals surface area contributed by atoms with Gasteiger partial charge in [0, 0.05) is 60.7 Å². The van der Waals surface area contributed by atoms with Crippen LogP contribution in [0.3, 0.4) is 0 Å². The first kappa shape index (κ1) is 44.5. The molecule has 3 heterocycles. The number of aromatic nitrogens is 4. The van der Waals surface area contributed by atoms with Crippen molar-refractivity contribution in [3.05, 3.63) is 245 Å². The first-order chi connectivity index (χ1) is 51.5. The van der Waals surface area contributed by atoms with Crippen molar-refractivity contribution in [2.45, 2.75) is 176 Å². The third-order valence-corrected chi connectivity index (χ3v) is 17.8. The molecular weight excluding hydrogens is 1310 g/mol. The van der Waals surface area contributed by atoms with Gasteiger partial charge >= 0.3 is 0 Å². The number of rotatable bonds is 9. The number of imidazole rings is 1. The number of para-hydroxylation sites is 1. The second-order valence-corrected chi connectivity index (χ2v) is 30.1. The molecule has 12 aromatic rings. The molecule has 0 radical (unpaired) electrons. The number of ether oxygens (including phenoxy) is 1. The summed E-state index contributed by atoms with van der Waals surface area (Å²) in [6.45, 7) is 16.2. The molecule has 0 fully saturated rings. The summed E-state index contributed by atoms with van der Waals surface area (Å²) >= 11 is 0. The van der Waals surface area contributed by atoms with Crippen molar-refractivity contribution in [3.8, 4) is 73.2 Å². The van der Waals surface area contributed by atoms with Crippen LogP contribution in [0.1, 0.15) is 204 Å². The molecule has 0 atom stereocenters. The van der Waals surface area contributed by atoms with E-state index in [2.05, 4.69) is 122 Å². The molecule has 0 bridgehead atoms. The number of pyridine rings is 1. The fourth-order valence-electron chi connectivity index (χ4n) is 12.4. The molecule has 9 aromatic carbocycles. The average molecular weight is 1420 g/mol. The van der Waals surface area contributed by atoms with E-state index in [1.165, 1.54) is 6.07 Å². The van der Waals surface area contributed by atoms with Crippen LogP contribution in [-0.4, -0.2) is 14.1 Å². The minimum Gasteiger partial charge on any atom is -0.510 e.